The van der Waals surface area contributed by atoms with Crippen LogP contribution in [0.5, 0.6) is 5.75 Å². The van der Waals surface area contributed by atoms with E-state index < -0.39 is 12.0 Å². The zero-order valence-electron chi connectivity index (χ0n) is 10.8. The molecule has 0 saturated carbocycles. The number of hydrogen-bond acceptors (Lipinski definition) is 4. The van der Waals surface area contributed by atoms with Gasteiger partial charge < -0.3 is 20.9 Å². The van der Waals surface area contributed by atoms with Crippen LogP contribution in [0.25, 0.3) is 0 Å². The van der Waals surface area contributed by atoms with Gasteiger partial charge in [-0.15, -0.1) is 0 Å². The summed E-state index contributed by atoms with van der Waals surface area (Å²) in [6.07, 6.45) is 1.31. The Morgan fingerprint density at radius 1 is 1.56 bits per heavy atom. The maximum Gasteiger partial charge on any atom is 0.320 e. The number of aliphatic carboxylic acids is 1. The Morgan fingerprint density at radius 3 is 2.83 bits per heavy atom. The van der Waals surface area contributed by atoms with Crippen molar-refractivity contribution in [1.29, 1.82) is 0 Å². The number of carboxylic acids is 1. The Hall–Kier alpha value is -1.75. The van der Waals surface area contributed by atoms with Gasteiger partial charge in [-0.05, 0) is 30.5 Å². The van der Waals surface area contributed by atoms with Crippen molar-refractivity contribution in [2.75, 3.05) is 19.0 Å². The number of carboxylic acid groups (broad SMARTS) is 1. The third-order valence-electron chi connectivity index (χ3n) is 2.76. The summed E-state index contributed by atoms with van der Waals surface area (Å²) in [6.45, 7) is 2.57. The number of anilines is 1. The molecule has 1 unspecified atom stereocenters. The monoisotopic (exact) mass is 252 g/mol. The van der Waals surface area contributed by atoms with Gasteiger partial charge in [-0.2, -0.15) is 0 Å². The SMILES string of the molecule is CCc1ccc(OC)c(NCCC(N)C(=O)O)c1. The predicted molar refractivity (Wildman–Crippen MR) is 71.1 cm³/mol. The van der Waals surface area contributed by atoms with Gasteiger partial charge in [0.2, 0.25) is 0 Å². The minimum Gasteiger partial charge on any atom is -0.495 e. The molecule has 0 aromatic heterocycles. The predicted octanol–water partition coefficient (Wildman–Crippen LogP) is 1.47. The van der Waals surface area contributed by atoms with Crippen LogP contribution >= 0.6 is 0 Å². The van der Waals surface area contributed by atoms with E-state index in [0.29, 0.717) is 13.0 Å². The fourth-order valence-corrected chi connectivity index (χ4v) is 1.60. The van der Waals surface area contributed by atoms with Crippen LogP contribution in [-0.2, 0) is 11.2 Å². The van der Waals surface area contributed by atoms with Crippen molar-refractivity contribution in [3.8, 4) is 5.75 Å². The first-order chi connectivity index (χ1) is 8.58. The second-order valence-electron chi connectivity index (χ2n) is 4.05. The third-order valence-corrected chi connectivity index (χ3v) is 2.76. The zero-order valence-corrected chi connectivity index (χ0v) is 10.8. The van der Waals surface area contributed by atoms with Gasteiger partial charge in [0.1, 0.15) is 11.8 Å². The Kier molecular flexibility index (Phi) is 5.45. The molecule has 5 heteroatoms. The molecular formula is C13H20N2O3. The molecule has 1 atom stereocenters. The lowest BCUT2D eigenvalue weighted by Crippen LogP contribution is -2.32. The maximum atomic E-state index is 10.6. The topological polar surface area (TPSA) is 84.6 Å². The number of aryl methyl sites for hydroxylation is 1. The molecule has 0 spiro atoms. The van der Waals surface area contributed by atoms with E-state index in [0.717, 1.165) is 17.9 Å². The molecule has 0 aliphatic carbocycles. The number of carbonyl (C=O) groups is 1. The van der Waals surface area contributed by atoms with Crippen LogP contribution < -0.4 is 15.8 Å². The number of rotatable bonds is 7. The molecule has 0 heterocycles. The summed E-state index contributed by atoms with van der Waals surface area (Å²) < 4.78 is 5.24. The molecule has 1 aromatic rings. The lowest BCUT2D eigenvalue weighted by molar-refractivity contribution is -0.138. The minimum atomic E-state index is -0.980. The summed E-state index contributed by atoms with van der Waals surface area (Å²) in [5, 5.41) is 11.8. The van der Waals surface area contributed by atoms with E-state index in [1.807, 2.05) is 18.2 Å². The lowest BCUT2D eigenvalue weighted by Gasteiger charge is -2.13. The first kappa shape index (κ1) is 14.3. The summed E-state index contributed by atoms with van der Waals surface area (Å²) >= 11 is 0. The molecule has 100 valence electrons. The van der Waals surface area contributed by atoms with Crippen molar-refractivity contribution >= 4 is 11.7 Å². The molecule has 0 radical (unpaired) electrons. The first-order valence-electron chi connectivity index (χ1n) is 5.97. The summed E-state index contributed by atoms with van der Waals surface area (Å²) in [5.74, 6) is -0.234. The molecule has 0 bridgehead atoms. The number of ether oxygens (including phenoxy) is 1. The van der Waals surface area contributed by atoms with Crippen LogP contribution in [0.4, 0.5) is 5.69 Å². The van der Waals surface area contributed by atoms with Gasteiger partial charge >= 0.3 is 5.97 Å². The summed E-state index contributed by atoms with van der Waals surface area (Å²) in [4.78, 5) is 10.6. The highest BCUT2D eigenvalue weighted by Gasteiger charge is 2.11. The van der Waals surface area contributed by atoms with Crippen molar-refractivity contribution in [2.45, 2.75) is 25.8 Å². The second-order valence-corrected chi connectivity index (χ2v) is 4.05. The van der Waals surface area contributed by atoms with E-state index in [1.54, 1.807) is 7.11 Å². The summed E-state index contributed by atoms with van der Waals surface area (Å²) in [5.41, 5.74) is 7.50. The van der Waals surface area contributed by atoms with Gasteiger partial charge in [0.25, 0.3) is 0 Å². The summed E-state index contributed by atoms with van der Waals surface area (Å²) in [7, 11) is 1.61. The van der Waals surface area contributed by atoms with Crippen LogP contribution in [0.3, 0.4) is 0 Å². The molecule has 18 heavy (non-hydrogen) atoms. The molecule has 1 rings (SSSR count). The van der Waals surface area contributed by atoms with Gasteiger partial charge in [-0.3, -0.25) is 4.79 Å². The van der Waals surface area contributed by atoms with E-state index in [-0.39, 0.29) is 0 Å². The van der Waals surface area contributed by atoms with Crippen LogP contribution in [0.2, 0.25) is 0 Å². The van der Waals surface area contributed by atoms with Crippen LogP contribution in [0.15, 0.2) is 18.2 Å². The molecule has 0 fully saturated rings. The zero-order chi connectivity index (χ0) is 13.5. The molecule has 1 aromatic carbocycles. The molecule has 0 aliphatic rings. The number of nitrogens with two attached hydrogens (primary N) is 1. The summed E-state index contributed by atoms with van der Waals surface area (Å²) in [6, 6.07) is 5.08. The average molecular weight is 252 g/mol. The molecule has 0 amide bonds. The lowest BCUT2D eigenvalue weighted by atomic mass is 10.1. The first-order valence-corrected chi connectivity index (χ1v) is 5.97. The molecule has 0 aliphatic heterocycles. The van der Waals surface area contributed by atoms with Crippen LogP contribution in [-0.4, -0.2) is 30.8 Å². The molecule has 0 saturated heterocycles. The fraction of sp³-hybridized carbons (Fsp3) is 0.462. The van der Waals surface area contributed by atoms with Crippen molar-refractivity contribution in [2.24, 2.45) is 5.73 Å². The van der Waals surface area contributed by atoms with Gasteiger partial charge in [0, 0.05) is 6.54 Å². The van der Waals surface area contributed by atoms with Gasteiger partial charge in [-0.25, -0.2) is 0 Å². The molecular weight excluding hydrogens is 232 g/mol. The van der Waals surface area contributed by atoms with E-state index in [4.69, 9.17) is 15.6 Å². The van der Waals surface area contributed by atoms with Crippen LogP contribution in [0, 0.1) is 0 Å². The number of benzene rings is 1. The van der Waals surface area contributed by atoms with E-state index in [9.17, 15) is 4.79 Å². The second kappa shape index (κ2) is 6.86. The minimum absolute atomic E-state index is 0.370. The Morgan fingerprint density at radius 2 is 2.28 bits per heavy atom. The normalized spacial score (nSPS) is 11.9. The fourth-order valence-electron chi connectivity index (χ4n) is 1.60. The number of methoxy groups -OCH3 is 1. The highest BCUT2D eigenvalue weighted by molar-refractivity contribution is 5.73. The quantitative estimate of drug-likeness (QED) is 0.684. The van der Waals surface area contributed by atoms with Crippen LogP contribution in [0.1, 0.15) is 18.9 Å². The smallest absolute Gasteiger partial charge is 0.320 e. The average Bonchev–Trinajstić information content (AvgIpc) is 2.38. The van der Waals surface area contributed by atoms with E-state index >= 15 is 0 Å². The third kappa shape index (κ3) is 3.92. The van der Waals surface area contributed by atoms with Gasteiger partial charge in [0.15, 0.2) is 0 Å². The number of hydrogen-bond donors (Lipinski definition) is 3. The molecule has 5 nitrogen and oxygen atoms in total. The molecule has 4 N–H and O–H groups in total. The van der Waals surface area contributed by atoms with E-state index in [2.05, 4.69) is 12.2 Å². The Balaban J connectivity index is 2.62. The van der Waals surface area contributed by atoms with Crippen molar-refractivity contribution < 1.29 is 14.6 Å². The van der Waals surface area contributed by atoms with Crippen molar-refractivity contribution in [1.82, 2.24) is 0 Å². The standard InChI is InChI=1S/C13H20N2O3/c1-3-9-4-5-12(18-2)11(8-9)15-7-6-10(14)13(16)17/h4-5,8,10,15H,3,6-7,14H2,1-2H3,(H,16,17). The highest BCUT2D eigenvalue weighted by atomic mass is 16.5. The Labute approximate surface area is 107 Å². The van der Waals surface area contributed by atoms with Gasteiger partial charge in [0.05, 0.1) is 12.8 Å². The van der Waals surface area contributed by atoms with Crippen molar-refractivity contribution in [3.63, 3.8) is 0 Å². The van der Waals surface area contributed by atoms with Gasteiger partial charge in [-0.1, -0.05) is 13.0 Å². The Bertz CT molecular complexity index is 407. The van der Waals surface area contributed by atoms with Crippen molar-refractivity contribution in [3.05, 3.63) is 23.8 Å². The maximum absolute atomic E-state index is 10.6. The highest BCUT2D eigenvalue weighted by Crippen LogP contribution is 2.25. The largest absolute Gasteiger partial charge is 0.495 e. The van der Waals surface area contributed by atoms with E-state index in [1.165, 1.54) is 5.56 Å². The number of nitrogens with one attached hydrogen (secondary N) is 1.